The molecule has 6 heteroatoms. The van der Waals surface area contributed by atoms with Crippen molar-refractivity contribution in [2.45, 2.75) is 19.4 Å². The Kier molecular flexibility index (Phi) is 6.20. The number of aliphatic hydroxyl groups excluding tert-OH is 1. The first-order valence-electron chi connectivity index (χ1n) is 8.80. The molecule has 3 rings (SSSR count). The summed E-state index contributed by atoms with van der Waals surface area (Å²) in [6.45, 7) is 2.09. The third-order valence-electron chi connectivity index (χ3n) is 4.74. The van der Waals surface area contributed by atoms with E-state index in [0.717, 1.165) is 18.4 Å². The van der Waals surface area contributed by atoms with Crippen molar-refractivity contribution in [3.05, 3.63) is 59.8 Å². The number of ether oxygens (including phenoxy) is 2. The fraction of sp³-hybridized carbons (Fsp3) is 0.400. The van der Waals surface area contributed by atoms with E-state index in [2.05, 4.69) is 10.3 Å². The number of hydrogen-bond acceptors (Lipinski definition) is 5. The van der Waals surface area contributed by atoms with Crippen LogP contribution in [0.3, 0.4) is 0 Å². The maximum absolute atomic E-state index is 12.5. The normalized spacial score (nSPS) is 16.0. The van der Waals surface area contributed by atoms with Gasteiger partial charge in [-0.2, -0.15) is 0 Å². The first-order valence-corrected chi connectivity index (χ1v) is 8.80. The minimum atomic E-state index is -0.298. The summed E-state index contributed by atoms with van der Waals surface area (Å²) in [5.41, 5.74) is 1.23. The van der Waals surface area contributed by atoms with Crippen LogP contribution in [0.2, 0.25) is 0 Å². The van der Waals surface area contributed by atoms with E-state index < -0.39 is 0 Å². The van der Waals surface area contributed by atoms with Gasteiger partial charge >= 0.3 is 0 Å². The van der Waals surface area contributed by atoms with Crippen LogP contribution in [0.4, 0.5) is 0 Å². The average molecular weight is 356 g/mol. The summed E-state index contributed by atoms with van der Waals surface area (Å²) < 4.78 is 11.0. The van der Waals surface area contributed by atoms with Crippen molar-refractivity contribution in [3.8, 4) is 5.88 Å². The zero-order valence-electron chi connectivity index (χ0n) is 14.7. The molecule has 1 aliphatic rings. The number of benzene rings is 1. The van der Waals surface area contributed by atoms with Gasteiger partial charge in [0.15, 0.2) is 0 Å². The molecule has 2 aromatic rings. The van der Waals surface area contributed by atoms with Crippen LogP contribution in [0.1, 0.15) is 28.8 Å². The number of nitrogens with one attached hydrogen (secondary N) is 1. The Morgan fingerprint density at radius 1 is 1.23 bits per heavy atom. The number of aliphatic hydroxyl groups is 1. The van der Waals surface area contributed by atoms with Crippen LogP contribution in [0, 0.1) is 5.41 Å². The van der Waals surface area contributed by atoms with Crippen molar-refractivity contribution in [1.29, 1.82) is 0 Å². The van der Waals surface area contributed by atoms with E-state index in [-0.39, 0.29) is 17.9 Å². The van der Waals surface area contributed by atoms with Crippen LogP contribution in [-0.2, 0) is 11.3 Å². The van der Waals surface area contributed by atoms with Gasteiger partial charge in [-0.1, -0.05) is 30.3 Å². The molecule has 0 radical (unpaired) electrons. The Morgan fingerprint density at radius 3 is 2.73 bits per heavy atom. The van der Waals surface area contributed by atoms with Gasteiger partial charge in [0.1, 0.15) is 6.61 Å². The summed E-state index contributed by atoms with van der Waals surface area (Å²) in [5.74, 6) is 0.209. The third-order valence-corrected chi connectivity index (χ3v) is 4.74. The minimum Gasteiger partial charge on any atom is -0.473 e. The number of carbonyl (C=O) groups is 1. The molecule has 0 unspecified atom stereocenters. The molecule has 6 nitrogen and oxygen atoms in total. The molecule has 26 heavy (non-hydrogen) atoms. The molecular formula is C20H24N2O4. The minimum absolute atomic E-state index is 0.0401. The van der Waals surface area contributed by atoms with Gasteiger partial charge in [-0.15, -0.1) is 0 Å². The second kappa shape index (κ2) is 8.78. The summed E-state index contributed by atoms with van der Waals surface area (Å²) in [7, 11) is 0. The number of rotatable bonds is 7. The van der Waals surface area contributed by atoms with Gasteiger partial charge in [-0.25, -0.2) is 4.98 Å². The lowest BCUT2D eigenvalue weighted by molar-refractivity contribution is -0.0146. The zero-order chi connectivity index (χ0) is 18.2. The van der Waals surface area contributed by atoms with Crippen molar-refractivity contribution in [2.24, 2.45) is 5.41 Å². The molecule has 1 aromatic heterocycles. The monoisotopic (exact) mass is 356 g/mol. The molecule has 0 saturated carbocycles. The van der Waals surface area contributed by atoms with Gasteiger partial charge in [0, 0.05) is 43.0 Å². The molecule has 0 spiro atoms. The molecule has 2 heterocycles. The number of hydrogen-bond donors (Lipinski definition) is 2. The van der Waals surface area contributed by atoms with E-state index in [1.165, 1.54) is 0 Å². The van der Waals surface area contributed by atoms with E-state index in [0.29, 0.717) is 37.8 Å². The van der Waals surface area contributed by atoms with Gasteiger partial charge in [0.05, 0.1) is 6.61 Å². The molecule has 1 aromatic carbocycles. The van der Waals surface area contributed by atoms with Crippen molar-refractivity contribution in [2.75, 3.05) is 26.4 Å². The van der Waals surface area contributed by atoms with Crippen LogP contribution in [-0.4, -0.2) is 42.4 Å². The Hall–Kier alpha value is -2.44. The Balaban J connectivity index is 1.57. The highest BCUT2D eigenvalue weighted by atomic mass is 16.5. The molecule has 138 valence electrons. The average Bonchev–Trinajstić information content (AvgIpc) is 2.72. The Labute approximate surface area is 153 Å². The SMILES string of the molecule is O=C(NCC1(CO)CCOCC1)c1ccnc(OCc2ccccc2)c1. The van der Waals surface area contributed by atoms with Crippen molar-refractivity contribution in [1.82, 2.24) is 10.3 Å². The summed E-state index contributed by atoms with van der Waals surface area (Å²) in [4.78, 5) is 16.6. The van der Waals surface area contributed by atoms with E-state index in [1.807, 2.05) is 30.3 Å². The second-order valence-electron chi connectivity index (χ2n) is 6.61. The summed E-state index contributed by atoms with van der Waals surface area (Å²) in [6, 6.07) is 13.1. The molecule has 0 bridgehead atoms. The van der Waals surface area contributed by atoms with E-state index in [4.69, 9.17) is 9.47 Å². The largest absolute Gasteiger partial charge is 0.473 e. The molecular weight excluding hydrogens is 332 g/mol. The molecule has 1 saturated heterocycles. The van der Waals surface area contributed by atoms with E-state index >= 15 is 0 Å². The van der Waals surface area contributed by atoms with Gasteiger partial charge < -0.3 is 19.9 Å². The number of nitrogens with zero attached hydrogens (tertiary/aromatic N) is 1. The van der Waals surface area contributed by atoms with Crippen molar-refractivity contribution in [3.63, 3.8) is 0 Å². The van der Waals surface area contributed by atoms with Crippen molar-refractivity contribution >= 4 is 5.91 Å². The van der Waals surface area contributed by atoms with Gasteiger partial charge in [0.25, 0.3) is 5.91 Å². The number of amides is 1. The molecule has 1 aliphatic heterocycles. The van der Waals surface area contributed by atoms with Crippen LogP contribution in [0.5, 0.6) is 5.88 Å². The first-order chi connectivity index (χ1) is 12.7. The highest BCUT2D eigenvalue weighted by Gasteiger charge is 2.32. The zero-order valence-corrected chi connectivity index (χ0v) is 14.7. The quantitative estimate of drug-likeness (QED) is 0.795. The van der Waals surface area contributed by atoms with E-state index in [9.17, 15) is 9.90 Å². The van der Waals surface area contributed by atoms with Crippen molar-refractivity contribution < 1.29 is 19.4 Å². The predicted molar refractivity (Wildman–Crippen MR) is 96.9 cm³/mol. The molecule has 0 aliphatic carbocycles. The van der Waals surface area contributed by atoms with Gasteiger partial charge in [-0.3, -0.25) is 4.79 Å². The van der Waals surface area contributed by atoms with Gasteiger partial charge in [-0.05, 0) is 24.5 Å². The third kappa shape index (κ3) is 4.80. The summed E-state index contributed by atoms with van der Waals surface area (Å²) >= 11 is 0. The molecule has 1 amide bonds. The highest BCUT2D eigenvalue weighted by molar-refractivity contribution is 5.94. The first kappa shape index (κ1) is 18.4. The number of aromatic nitrogens is 1. The van der Waals surface area contributed by atoms with E-state index in [1.54, 1.807) is 18.3 Å². The maximum atomic E-state index is 12.5. The molecule has 1 fully saturated rings. The van der Waals surface area contributed by atoms with Gasteiger partial charge in [0.2, 0.25) is 5.88 Å². The standard InChI is InChI=1S/C20H24N2O4/c23-15-20(7-10-25-11-8-20)14-22-19(24)17-6-9-21-18(12-17)26-13-16-4-2-1-3-5-16/h1-6,9,12,23H,7-8,10-11,13-15H2,(H,22,24). The lowest BCUT2D eigenvalue weighted by Crippen LogP contribution is -2.43. The van der Waals surface area contributed by atoms with Crippen LogP contribution >= 0.6 is 0 Å². The topological polar surface area (TPSA) is 80.7 Å². The van der Waals surface area contributed by atoms with Crippen LogP contribution < -0.4 is 10.1 Å². The number of carbonyl (C=O) groups excluding carboxylic acids is 1. The maximum Gasteiger partial charge on any atom is 0.251 e. The lowest BCUT2D eigenvalue weighted by atomic mass is 9.81. The fourth-order valence-corrected chi connectivity index (χ4v) is 2.93. The van der Waals surface area contributed by atoms with Crippen LogP contribution in [0.25, 0.3) is 0 Å². The smallest absolute Gasteiger partial charge is 0.251 e. The second-order valence-corrected chi connectivity index (χ2v) is 6.61. The summed E-state index contributed by atoms with van der Waals surface area (Å²) in [5, 5.41) is 12.6. The summed E-state index contributed by atoms with van der Waals surface area (Å²) in [6.07, 6.45) is 3.04. The fourth-order valence-electron chi connectivity index (χ4n) is 2.93. The Bertz CT molecular complexity index is 715. The van der Waals surface area contributed by atoms with Crippen LogP contribution in [0.15, 0.2) is 48.7 Å². The molecule has 0 atom stereocenters. The molecule has 2 N–H and O–H groups in total. The highest BCUT2D eigenvalue weighted by Crippen LogP contribution is 2.29. The Morgan fingerprint density at radius 2 is 2.00 bits per heavy atom. The number of pyridine rings is 1. The predicted octanol–water partition coefficient (Wildman–Crippen LogP) is 2.18. The lowest BCUT2D eigenvalue weighted by Gasteiger charge is -2.35.